The van der Waals surface area contributed by atoms with Crippen molar-refractivity contribution >= 4 is 17.5 Å². The molecular formula is C22H26N2O3. The van der Waals surface area contributed by atoms with Gasteiger partial charge in [-0.15, -0.1) is 0 Å². The van der Waals surface area contributed by atoms with Crippen LogP contribution in [0, 0.1) is 0 Å². The zero-order valence-corrected chi connectivity index (χ0v) is 16.1. The lowest BCUT2D eigenvalue weighted by atomic mass is 10.1. The molecule has 142 valence electrons. The molecule has 0 radical (unpaired) electrons. The Bertz CT molecular complexity index is 820. The number of rotatable bonds is 5. The zero-order chi connectivity index (χ0) is 19.4. The molecule has 27 heavy (non-hydrogen) atoms. The van der Waals surface area contributed by atoms with Crippen LogP contribution in [-0.2, 0) is 22.6 Å². The number of carbonyl (C=O) groups excluding carboxylic acids is 2. The number of anilines is 1. The second kappa shape index (κ2) is 8.25. The first-order chi connectivity index (χ1) is 13.0. The molecule has 1 N–H and O–H groups in total. The van der Waals surface area contributed by atoms with Gasteiger partial charge in [-0.3, -0.25) is 9.59 Å². The van der Waals surface area contributed by atoms with Crippen LogP contribution in [0.1, 0.15) is 38.3 Å². The van der Waals surface area contributed by atoms with Gasteiger partial charge in [0.05, 0.1) is 6.42 Å². The molecule has 2 atom stereocenters. The molecule has 0 spiro atoms. The molecule has 0 unspecified atom stereocenters. The predicted molar refractivity (Wildman–Crippen MR) is 106 cm³/mol. The van der Waals surface area contributed by atoms with Gasteiger partial charge in [-0.1, -0.05) is 37.3 Å². The smallest absolute Gasteiger partial charge is 0.263 e. The van der Waals surface area contributed by atoms with Crippen LogP contribution < -0.4 is 10.1 Å². The Hall–Kier alpha value is -2.82. The molecule has 2 aromatic rings. The minimum Gasteiger partial charge on any atom is -0.481 e. The minimum absolute atomic E-state index is 0.00443. The highest BCUT2D eigenvalue weighted by Gasteiger charge is 2.30. The van der Waals surface area contributed by atoms with Crippen LogP contribution in [0.3, 0.4) is 0 Å². The van der Waals surface area contributed by atoms with Crippen molar-refractivity contribution in [2.45, 2.75) is 52.3 Å². The molecular weight excluding hydrogens is 340 g/mol. The molecule has 1 aliphatic rings. The summed E-state index contributed by atoms with van der Waals surface area (Å²) in [5.41, 5.74) is 2.59. The van der Waals surface area contributed by atoms with Gasteiger partial charge in [0.1, 0.15) is 5.75 Å². The molecule has 1 aliphatic heterocycles. The lowest BCUT2D eigenvalue weighted by Crippen LogP contribution is -2.42. The maximum absolute atomic E-state index is 12.6. The average molecular weight is 366 g/mol. The summed E-state index contributed by atoms with van der Waals surface area (Å²) in [6.45, 7) is 6.37. The maximum atomic E-state index is 12.6. The van der Waals surface area contributed by atoms with Gasteiger partial charge in [-0.25, -0.2) is 0 Å². The van der Waals surface area contributed by atoms with Gasteiger partial charge in [0.15, 0.2) is 6.10 Å². The first kappa shape index (κ1) is 19.0. The third-order valence-electron chi connectivity index (χ3n) is 4.95. The van der Waals surface area contributed by atoms with Crippen molar-refractivity contribution in [3.05, 3.63) is 59.7 Å². The molecule has 2 aromatic carbocycles. The fourth-order valence-electron chi connectivity index (χ4n) is 3.21. The van der Waals surface area contributed by atoms with Crippen LogP contribution >= 0.6 is 0 Å². The number of hydrogen-bond donors (Lipinski definition) is 1. The van der Waals surface area contributed by atoms with E-state index < -0.39 is 6.10 Å². The lowest BCUT2D eigenvalue weighted by Gasteiger charge is -2.28. The normalized spacial score (nSPS) is 17.5. The second-order valence-electron chi connectivity index (χ2n) is 7.02. The molecule has 5 nitrogen and oxygen atoms in total. The molecule has 0 aromatic heterocycles. The van der Waals surface area contributed by atoms with Crippen LogP contribution in [0.5, 0.6) is 5.75 Å². The summed E-state index contributed by atoms with van der Waals surface area (Å²) in [7, 11) is 0. The Morgan fingerprint density at radius 2 is 2.00 bits per heavy atom. The van der Waals surface area contributed by atoms with Crippen LogP contribution in [-0.4, -0.2) is 28.9 Å². The lowest BCUT2D eigenvalue weighted by molar-refractivity contribution is -0.139. The summed E-state index contributed by atoms with van der Waals surface area (Å²) in [6, 6.07) is 15.3. The predicted octanol–water partition coefficient (Wildman–Crippen LogP) is 3.78. The van der Waals surface area contributed by atoms with E-state index in [-0.39, 0.29) is 17.9 Å². The number of carbonyl (C=O) groups is 2. The first-order valence-electron chi connectivity index (χ1n) is 9.41. The molecule has 0 saturated carbocycles. The van der Waals surface area contributed by atoms with E-state index in [0.29, 0.717) is 24.4 Å². The van der Waals surface area contributed by atoms with E-state index in [0.717, 1.165) is 17.5 Å². The number of amides is 2. The number of benzene rings is 2. The van der Waals surface area contributed by atoms with Gasteiger partial charge in [-0.2, -0.15) is 0 Å². The van der Waals surface area contributed by atoms with E-state index in [4.69, 9.17) is 4.74 Å². The summed E-state index contributed by atoms with van der Waals surface area (Å²) in [5, 5.41) is 2.94. The highest BCUT2D eigenvalue weighted by Crippen LogP contribution is 2.30. The molecule has 1 heterocycles. The Morgan fingerprint density at radius 3 is 2.70 bits per heavy atom. The monoisotopic (exact) mass is 366 g/mol. The summed E-state index contributed by atoms with van der Waals surface area (Å²) in [4.78, 5) is 26.8. The topological polar surface area (TPSA) is 58.6 Å². The van der Waals surface area contributed by atoms with Crippen molar-refractivity contribution in [3.8, 4) is 5.75 Å². The SMILES string of the molecule is CC[C@@H](C)N1Cc2cc(NC(=O)Cc3ccccc3)ccc2O[C@@H](C)C1=O. The van der Waals surface area contributed by atoms with Crippen LogP contribution in [0.25, 0.3) is 0 Å². The van der Waals surface area contributed by atoms with Gasteiger partial charge >= 0.3 is 0 Å². The number of ether oxygens (including phenoxy) is 1. The van der Waals surface area contributed by atoms with Gasteiger partial charge in [-0.05, 0) is 44.0 Å². The Kier molecular flexibility index (Phi) is 5.79. The third-order valence-corrected chi connectivity index (χ3v) is 4.95. The number of fused-ring (bicyclic) bond motifs is 1. The molecule has 0 aliphatic carbocycles. The summed E-state index contributed by atoms with van der Waals surface area (Å²) in [5.74, 6) is 0.622. The van der Waals surface area contributed by atoms with Crippen molar-refractivity contribution in [1.29, 1.82) is 0 Å². The number of hydrogen-bond acceptors (Lipinski definition) is 3. The van der Waals surface area contributed by atoms with Crippen LogP contribution in [0.2, 0.25) is 0 Å². The largest absolute Gasteiger partial charge is 0.481 e. The first-order valence-corrected chi connectivity index (χ1v) is 9.41. The van der Waals surface area contributed by atoms with E-state index in [9.17, 15) is 9.59 Å². The second-order valence-corrected chi connectivity index (χ2v) is 7.02. The zero-order valence-electron chi connectivity index (χ0n) is 16.1. The molecule has 5 heteroatoms. The maximum Gasteiger partial charge on any atom is 0.263 e. The Balaban J connectivity index is 1.77. The van der Waals surface area contributed by atoms with E-state index in [1.54, 1.807) is 6.92 Å². The highest BCUT2D eigenvalue weighted by molar-refractivity contribution is 5.92. The van der Waals surface area contributed by atoms with Gasteiger partial charge in [0, 0.05) is 23.8 Å². The van der Waals surface area contributed by atoms with Crippen molar-refractivity contribution in [1.82, 2.24) is 4.90 Å². The van der Waals surface area contributed by atoms with Crippen molar-refractivity contribution in [2.24, 2.45) is 0 Å². The van der Waals surface area contributed by atoms with Gasteiger partial charge in [0.25, 0.3) is 5.91 Å². The van der Waals surface area contributed by atoms with Crippen LogP contribution in [0.15, 0.2) is 48.5 Å². The molecule has 0 fully saturated rings. The molecule has 0 saturated heterocycles. The fraction of sp³-hybridized carbons (Fsp3) is 0.364. The fourth-order valence-corrected chi connectivity index (χ4v) is 3.21. The van der Waals surface area contributed by atoms with Crippen molar-refractivity contribution < 1.29 is 14.3 Å². The van der Waals surface area contributed by atoms with Crippen LogP contribution in [0.4, 0.5) is 5.69 Å². The quantitative estimate of drug-likeness (QED) is 0.876. The standard InChI is InChI=1S/C22H26N2O3/c1-4-15(2)24-14-18-13-19(10-11-20(18)27-16(3)22(24)26)23-21(25)12-17-8-6-5-7-9-17/h5-11,13,15-16H,4,12,14H2,1-3H3,(H,23,25)/t15-,16+/m1/s1. The Labute approximate surface area is 160 Å². The highest BCUT2D eigenvalue weighted by atomic mass is 16.5. The van der Waals surface area contributed by atoms with E-state index in [1.165, 1.54) is 0 Å². The van der Waals surface area contributed by atoms with E-state index in [1.807, 2.05) is 60.4 Å². The number of nitrogens with one attached hydrogen (secondary N) is 1. The van der Waals surface area contributed by atoms with E-state index >= 15 is 0 Å². The van der Waals surface area contributed by atoms with Crippen molar-refractivity contribution in [3.63, 3.8) is 0 Å². The number of nitrogens with zero attached hydrogens (tertiary/aromatic N) is 1. The molecule has 2 amide bonds. The summed E-state index contributed by atoms with van der Waals surface area (Å²) >= 11 is 0. The molecule has 3 rings (SSSR count). The van der Waals surface area contributed by atoms with Crippen molar-refractivity contribution in [2.75, 3.05) is 5.32 Å². The summed E-state index contributed by atoms with van der Waals surface area (Å²) in [6.07, 6.45) is 0.684. The van der Waals surface area contributed by atoms with Gasteiger partial charge < -0.3 is 15.0 Å². The third kappa shape index (κ3) is 4.48. The average Bonchev–Trinajstić information content (AvgIpc) is 2.78. The minimum atomic E-state index is -0.515. The van der Waals surface area contributed by atoms with E-state index in [2.05, 4.69) is 12.2 Å². The summed E-state index contributed by atoms with van der Waals surface area (Å²) < 4.78 is 5.85. The van der Waals surface area contributed by atoms with Gasteiger partial charge in [0.2, 0.25) is 5.91 Å². The molecule has 0 bridgehead atoms. The Morgan fingerprint density at radius 1 is 1.26 bits per heavy atom.